The third-order valence-electron chi connectivity index (χ3n) is 2.60. The lowest BCUT2D eigenvalue weighted by atomic mass is 10.2. The molecule has 7 heteroatoms. The molecular weight excluding hydrogens is 262 g/mol. The normalized spacial score (nSPS) is 14.4. The minimum atomic E-state index is -2.75. The number of halogens is 4. The fourth-order valence-corrected chi connectivity index (χ4v) is 1.71. The predicted molar refractivity (Wildman–Crippen MR) is 64.7 cm³/mol. The minimum absolute atomic E-state index is 0.0669. The van der Waals surface area contributed by atoms with E-state index in [1.54, 1.807) is 0 Å². The summed E-state index contributed by atoms with van der Waals surface area (Å²) in [5.74, 6) is -2.16. The molecule has 2 rings (SSSR count). The molecule has 19 heavy (non-hydrogen) atoms. The molecule has 1 heterocycles. The van der Waals surface area contributed by atoms with Crippen LogP contribution in [0, 0.1) is 11.6 Å². The first-order valence-electron chi connectivity index (χ1n) is 5.42. The standard InChI is InChI=1S/C12H11F4N3/c1-17-9-5-7(13)8(14)6-11(9)19-10(12(15)16)3-2-4-18-19/h2-6,12,17-18H,1H3. The molecule has 0 fully saturated rings. The molecule has 2 N–H and O–H groups in total. The van der Waals surface area contributed by atoms with Crippen molar-refractivity contribution in [3.8, 4) is 0 Å². The Morgan fingerprint density at radius 1 is 1.21 bits per heavy atom. The van der Waals surface area contributed by atoms with Gasteiger partial charge in [0.25, 0.3) is 6.43 Å². The molecule has 0 unspecified atom stereocenters. The van der Waals surface area contributed by atoms with Crippen LogP contribution in [0.1, 0.15) is 0 Å². The number of alkyl halides is 2. The van der Waals surface area contributed by atoms with Crippen molar-refractivity contribution in [3.05, 3.63) is 47.8 Å². The summed E-state index contributed by atoms with van der Waals surface area (Å²) < 4.78 is 52.2. The molecule has 1 aliphatic heterocycles. The first kappa shape index (κ1) is 13.3. The highest BCUT2D eigenvalue weighted by Crippen LogP contribution is 2.32. The zero-order chi connectivity index (χ0) is 14.0. The molecule has 1 aliphatic rings. The van der Waals surface area contributed by atoms with Gasteiger partial charge in [-0.3, -0.25) is 5.01 Å². The molecule has 0 spiro atoms. The van der Waals surface area contributed by atoms with E-state index in [-0.39, 0.29) is 17.1 Å². The van der Waals surface area contributed by atoms with Gasteiger partial charge >= 0.3 is 0 Å². The number of anilines is 2. The highest BCUT2D eigenvalue weighted by molar-refractivity contribution is 5.72. The van der Waals surface area contributed by atoms with Crippen LogP contribution in [-0.4, -0.2) is 13.5 Å². The summed E-state index contributed by atoms with van der Waals surface area (Å²) >= 11 is 0. The van der Waals surface area contributed by atoms with Crippen LogP contribution in [0.25, 0.3) is 0 Å². The molecule has 0 bridgehead atoms. The summed E-state index contributed by atoms with van der Waals surface area (Å²) in [7, 11) is 1.49. The zero-order valence-electron chi connectivity index (χ0n) is 9.92. The fourth-order valence-electron chi connectivity index (χ4n) is 1.71. The van der Waals surface area contributed by atoms with E-state index in [2.05, 4.69) is 10.7 Å². The third-order valence-corrected chi connectivity index (χ3v) is 2.60. The number of hydrogen-bond acceptors (Lipinski definition) is 3. The number of nitrogens with zero attached hydrogens (tertiary/aromatic N) is 1. The van der Waals surface area contributed by atoms with E-state index in [4.69, 9.17) is 0 Å². The van der Waals surface area contributed by atoms with Crippen molar-refractivity contribution in [2.75, 3.05) is 17.4 Å². The largest absolute Gasteiger partial charge is 0.386 e. The molecule has 0 atom stereocenters. The monoisotopic (exact) mass is 273 g/mol. The molecule has 3 nitrogen and oxygen atoms in total. The van der Waals surface area contributed by atoms with E-state index < -0.39 is 18.1 Å². The molecule has 0 saturated carbocycles. The van der Waals surface area contributed by atoms with Crippen molar-refractivity contribution in [3.63, 3.8) is 0 Å². The van der Waals surface area contributed by atoms with Crippen molar-refractivity contribution in [2.45, 2.75) is 6.43 Å². The first-order chi connectivity index (χ1) is 9.04. The van der Waals surface area contributed by atoms with Gasteiger partial charge in [-0.05, 0) is 12.2 Å². The van der Waals surface area contributed by atoms with Crippen molar-refractivity contribution >= 4 is 11.4 Å². The summed E-state index contributed by atoms with van der Waals surface area (Å²) in [6, 6.07) is 1.76. The number of nitrogens with one attached hydrogen (secondary N) is 2. The van der Waals surface area contributed by atoms with Crippen LogP contribution in [0.4, 0.5) is 28.9 Å². The number of hydrazine groups is 1. The smallest absolute Gasteiger partial charge is 0.280 e. The van der Waals surface area contributed by atoms with Crippen LogP contribution < -0.4 is 15.8 Å². The van der Waals surface area contributed by atoms with Gasteiger partial charge in [0.15, 0.2) is 11.6 Å². The highest BCUT2D eigenvalue weighted by Gasteiger charge is 2.24. The molecule has 0 radical (unpaired) electrons. The second kappa shape index (κ2) is 5.21. The first-order valence-corrected chi connectivity index (χ1v) is 5.42. The van der Waals surface area contributed by atoms with Gasteiger partial charge in [0.1, 0.15) is 5.70 Å². The van der Waals surface area contributed by atoms with Crippen LogP contribution in [0.3, 0.4) is 0 Å². The molecule has 102 valence electrons. The summed E-state index contributed by atoms with van der Waals surface area (Å²) in [4.78, 5) is 0. The zero-order valence-corrected chi connectivity index (χ0v) is 9.92. The third kappa shape index (κ3) is 2.49. The lowest BCUT2D eigenvalue weighted by molar-refractivity contribution is 0.184. The predicted octanol–water partition coefficient (Wildman–Crippen LogP) is 2.99. The lowest BCUT2D eigenvalue weighted by Gasteiger charge is -2.30. The average Bonchev–Trinajstić information content (AvgIpc) is 2.41. The molecule has 0 aliphatic carbocycles. The average molecular weight is 273 g/mol. The number of hydrogen-bond donors (Lipinski definition) is 2. The van der Waals surface area contributed by atoms with Gasteiger partial charge in [0.2, 0.25) is 0 Å². The molecule has 0 aromatic heterocycles. The Morgan fingerprint density at radius 3 is 2.53 bits per heavy atom. The van der Waals surface area contributed by atoms with E-state index in [0.717, 1.165) is 17.1 Å². The van der Waals surface area contributed by atoms with E-state index in [1.807, 2.05) is 0 Å². The van der Waals surface area contributed by atoms with Crippen molar-refractivity contribution in [1.29, 1.82) is 0 Å². The SMILES string of the molecule is CNc1cc(F)c(F)cc1N1NC=CC=C1C(F)F. The molecule has 1 aromatic carbocycles. The number of allylic oxidation sites excluding steroid dienone is 3. The Labute approximate surface area is 107 Å². The summed E-state index contributed by atoms with van der Waals surface area (Å²) in [5, 5.41) is 3.63. The topological polar surface area (TPSA) is 27.3 Å². The summed E-state index contributed by atoms with van der Waals surface area (Å²) in [5.41, 5.74) is 2.46. The highest BCUT2D eigenvalue weighted by atomic mass is 19.3. The molecule has 1 aromatic rings. The quantitative estimate of drug-likeness (QED) is 0.829. The van der Waals surface area contributed by atoms with Gasteiger partial charge in [-0.25, -0.2) is 17.6 Å². The minimum Gasteiger partial charge on any atom is -0.386 e. The summed E-state index contributed by atoms with van der Waals surface area (Å²) in [6.45, 7) is 0. The maximum absolute atomic E-state index is 13.3. The van der Waals surface area contributed by atoms with Gasteiger partial charge in [0, 0.05) is 25.4 Å². The second-order valence-corrected chi connectivity index (χ2v) is 3.75. The van der Waals surface area contributed by atoms with E-state index in [1.165, 1.54) is 25.4 Å². The Kier molecular flexibility index (Phi) is 3.64. The van der Waals surface area contributed by atoms with Crippen LogP contribution in [-0.2, 0) is 0 Å². The van der Waals surface area contributed by atoms with Gasteiger partial charge in [-0.2, -0.15) is 0 Å². The maximum Gasteiger partial charge on any atom is 0.280 e. The van der Waals surface area contributed by atoms with Crippen LogP contribution >= 0.6 is 0 Å². The van der Waals surface area contributed by atoms with E-state index in [0.29, 0.717) is 0 Å². The maximum atomic E-state index is 13.3. The lowest BCUT2D eigenvalue weighted by Crippen LogP contribution is -2.38. The Bertz CT molecular complexity index is 540. The van der Waals surface area contributed by atoms with Crippen molar-refractivity contribution < 1.29 is 17.6 Å². The molecule has 0 amide bonds. The Morgan fingerprint density at radius 2 is 1.89 bits per heavy atom. The Hall–Kier alpha value is -2.18. The molecular formula is C12H11F4N3. The van der Waals surface area contributed by atoms with Crippen LogP contribution in [0.5, 0.6) is 0 Å². The van der Waals surface area contributed by atoms with Crippen molar-refractivity contribution in [1.82, 2.24) is 5.43 Å². The van der Waals surface area contributed by atoms with Gasteiger partial charge in [-0.15, -0.1) is 0 Å². The van der Waals surface area contributed by atoms with Gasteiger partial charge in [-0.1, -0.05) is 0 Å². The van der Waals surface area contributed by atoms with Crippen molar-refractivity contribution in [2.24, 2.45) is 0 Å². The van der Waals surface area contributed by atoms with E-state index >= 15 is 0 Å². The summed E-state index contributed by atoms with van der Waals surface area (Å²) in [6.07, 6.45) is 1.25. The number of benzene rings is 1. The van der Waals surface area contributed by atoms with Gasteiger partial charge < -0.3 is 10.7 Å². The molecule has 0 saturated heterocycles. The van der Waals surface area contributed by atoms with E-state index in [9.17, 15) is 17.6 Å². The Balaban J connectivity index is 2.49. The second-order valence-electron chi connectivity index (χ2n) is 3.75. The fraction of sp³-hybridized carbons (Fsp3) is 0.167. The number of rotatable bonds is 3. The van der Waals surface area contributed by atoms with Crippen LogP contribution in [0.15, 0.2) is 36.2 Å². The van der Waals surface area contributed by atoms with Gasteiger partial charge in [0.05, 0.1) is 11.4 Å². The van der Waals surface area contributed by atoms with Crippen LogP contribution in [0.2, 0.25) is 0 Å².